The second-order valence-electron chi connectivity index (χ2n) is 4.67. The summed E-state index contributed by atoms with van der Waals surface area (Å²) in [6.07, 6.45) is 4.25. The van der Waals surface area contributed by atoms with Crippen molar-refractivity contribution in [2.24, 2.45) is 0 Å². The number of aromatic nitrogens is 1. The van der Waals surface area contributed by atoms with Crippen molar-refractivity contribution in [2.45, 2.75) is 13.2 Å². The molecule has 0 saturated carbocycles. The highest BCUT2D eigenvalue weighted by Crippen LogP contribution is 2.21. The van der Waals surface area contributed by atoms with Crippen LogP contribution in [0.25, 0.3) is 6.08 Å². The van der Waals surface area contributed by atoms with E-state index in [1.807, 2.05) is 0 Å². The summed E-state index contributed by atoms with van der Waals surface area (Å²) in [5, 5.41) is 2.68. The molecule has 0 bridgehead atoms. The van der Waals surface area contributed by atoms with Crippen LogP contribution in [0.15, 0.2) is 48.7 Å². The van der Waals surface area contributed by atoms with Gasteiger partial charge in [0.15, 0.2) is 0 Å². The van der Waals surface area contributed by atoms with Crippen LogP contribution in [-0.4, -0.2) is 24.6 Å². The van der Waals surface area contributed by atoms with Crippen molar-refractivity contribution in [3.05, 3.63) is 59.8 Å². The Morgan fingerprint density at radius 2 is 2.12 bits per heavy atom. The van der Waals surface area contributed by atoms with Crippen LogP contribution in [-0.2, 0) is 11.3 Å². The standard InChI is InChI=1S/C17H16F2N2O3/c1-23-16-10-12(8-9-20-16)11-21-15(22)7-6-13-4-2-3-5-14(13)24-17(18)19/h2-10,17H,11H2,1H3,(H,21,22)/b7-6+. The molecule has 0 aliphatic heterocycles. The van der Waals surface area contributed by atoms with Crippen LogP contribution in [0, 0.1) is 0 Å². The van der Waals surface area contributed by atoms with Gasteiger partial charge < -0.3 is 14.8 Å². The highest BCUT2D eigenvalue weighted by molar-refractivity contribution is 5.92. The van der Waals surface area contributed by atoms with E-state index in [1.165, 1.54) is 25.3 Å². The largest absolute Gasteiger partial charge is 0.481 e. The molecule has 2 rings (SSSR count). The summed E-state index contributed by atoms with van der Waals surface area (Å²) in [6, 6.07) is 9.68. The number of methoxy groups -OCH3 is 1. The normalized spacial score (nSPS) is 10.8. The molecule has 0 radical (unpaired) electrons. The van der Waals surface area contributed by atoms with E-state index < -0.39 is 6.61 Å². The molecular formula is C17H16F2N2O3. The zero-order valence-corrected chi connectivity index (χ0v) is 12.9. The molecule has 0 spiro atoms. The topological polar surface area (TPSA) is 60.5 Å². The van der Waals surface area contributed by atoms with E-state index in [1.54, 1.807) is 36.5 Å². The third-order valence-corrected chi connectivity index (χ3v) is 3.02. The van der Waals surface area contributed by atoms with Gasteiger partial charge in [-0.15, -0.1) is 0 Å². The number of nitrogens with one attached hydrogen (secondary N) is 1. The molecule has 0 unspecified atom stereocenters. The number of pyridine rings is 1. The highest BCUT2D eigenvalue weighted by Gasteiger charge is 2.07. The Kier molecular flexibility index (Phi) is 6.24. The molecule has 2 aromatic rings. The Balaban J connectivity index is 1.95. The molecule has 7 heteroatoms. The number of ether oxygens (including phenoxy) is 2. The predicted molar refractivity (Wildman–Crippen MR) is 84.7 cm³/mol. The van der Waals surface area contributed by atoms with Gasteiger partial charge in [-0.05, 0) is 23.8 Å². The molecule has 1 aromatic carbocycles. The Morgan fingerprint density at radius 3 is 2.88 bits per heavy atom. The summed E-state index contributed by atoms with van der Waals surface area (Å²) >= 11 is 0. The van der Waals surface area contributed by atoms with E-state index in [4.69, 9.17) is 4.74 Å². The first kappa shape index (κ1) is 17.4. The van der Waals surface area contributed by atoms with Gasteiger partial charge in [-0.3, -0.25) is 4.79 Å². The average Bonchev–Trinajstić information content (AvgIpc) is 2.59. The summed E-state index contributed by atoms with van der Waals surface area (Å²) in [6.45, 7) is -2.63. The highest BCUT2D eigenvalue weighted by atomic mass is 19.3. The number of para-hydroxylation sites is 1. The lowest BCUT2D eigenvalue weighted by molar-refractivity contribution is -0.116. The molecule has 1 heterocycles. The lowest BCUT2D eigenvalue weighted by Crippen LogP contribution is -2.20. The minimum Gasteiger partial charge on any atom is -0.481 e. The molecule has 1 amide bonds. The quantitative estimate of drug-likeness (QED) is 0.791. The number of carbonyl (C=O) groups is 1. The van der Waals surface area contributed by atoms with Crippen LogP contribution in [0.4, 0.5) is 8.78 Å². The molecular weight excluding hydrogens is 318 g/mol. The Morgan fingerprint density at radius 1 is 1.33 bits per heavy atom. The summed E-state index contributed by atoms with van der Waals surface area (Å²) in [4.78, 5) is 15.8. The summed E-state index contributed by atoms with van der Waals surface area (Å²) in [5.41, 5.74) is 1.21. The van der Waals surface area contributed by atoms with Crippen molar-refractivity contribution in [1.82, 2.24) is 10.3 Å². The van der Waals surface area contributed by atoms with Gasteiger partial charge in [-0.25, -0.2) is 4.98 Å². The zero-order valence-electron chi connectivity index (χ0n) is 12.9. The zero-order chi connectivity index (χ0) is 17.4. The molecule has 0 aliphatic carbocycles. The van der Waals surface area contributed by atoms with Crippen molar-refractivity contribution in [3.63, 3.8) is 0 Å². The molecule has 5 nitrogen and oxygen atoms in total. The first-order valence-corrected chi connectivity index (χ1v) is 7.07. The summed E-state index contributed by atoms with van der Waals surface area (Å²) in [5.74, 6) is 0.100. The van der Waals surface area contributed by atoms with Crippen LogP contribution in [0.2, 0.25) is 0 Å². The number of halogens is 2. The van der Waals surface area contributed by atoms with Gasteiger partial charge in [-0.2, -0.15) is 8.78 Å². The SMILES string of the molecule is COc1cc(CNC(=O)/C=C/c2ccccc2OC(F)F)ccn1. The first-order chi connectivity index (χ1) is 11.6. The summed E-state index contributed by atoms with van der Waals surface area (Å²) < 4.78 is 34.1. The van der Waals surface area contributed by atoms with Gasteiger partial charge in [0.2, 0.25) is 11.8 Å². The monoisotopic (exact) mass is 334 g/mol. The molecule has 126 valence electrons. The number of carbonyl (C=O) groups excluding carboxylic acids is 1. The fourth-order valence-electron chi connectivity index (χ4n) is 1.91. The van der Waals surface area contributed by atoms with Gasteiger partial charge in [0.25, 0.3) is 0 Å². The van der Waals surface area contributed by atoms with Crippen molar-refractivity contribution in [2.75, 3.05) is 7.11 Å². The van der Waals surface area contributed by atoms with Gasteiger partial charge in [-0.1, -0.05) is 18.2 Å². The average molecular weight is 334 g/mol. The van der Waals surface area contributed by atoms with E-state index in [2.05, 4.69) is 15.0 Å². The third-order valence-electron chi connectivity index (χ3n) is 3.02. The van der Waals surface area contributed by atoms with E-state index in [-0.39, 0.29) is 18.2 Å². The molecule has 1 aromatic heterocycles. The lowest BCUT2D eigenvalue weighted by atomic mass is 10.2. The van der Waals surface area contributed by atoms with Crippen LogP contribution < -0.4 is 14.8 Å². The number of hydrogen-bond donors (Lipinski definition) is 1. The minimum absolute atomic E-state index is 0.00965. The maximum absolute atomic E-state index is 12.3. The van der Waals surface area contributed by atoms with Gasteiger partial charge >= 0.3 is 6.61 Å². The number of nitrogens with zero attached hydrogens (tertiary/aromatic N) is 1. The van der Waals surface area contributed by atoms with Crippen LogP contribution in [0.1, 0.15) is 11.1 Å². The molecule has 0 saturated heterocycles. The van der Waals surface area contributed by atoms with Crippen molar-refractivity contribution >= 4 is 12.0 Å². The van der Waals surface area contributed by atoms with E-state index in [9.17, 15) is 13.6 Å². The third kappa shape index (κ3) is 5.35. The second kappa shape index (κ2) is 8.61. The van der Waals surface area contributed by atoms with Crippen molar-refractivity contribution < 1.29 is 23.0 Å². The van der Waals surface area contributed by atoms with E-state index in [0.29, 0.717) is 11.4 Å². The molecule has 1 N–H and O–H groups in total. The molecule has 0 aliphatic rings. The predicted octanol–water partition coefficient (Wildman–Crippen LogP) is 3.02. The van der Waals surface area contributed by atoms with Crippen LogP contribution >= 0.6 is 0 Å². The van der Waals surface area contributed by atoms with Gasteiger partial charge in [0, 0.05) is 30.4 Å². The number of rotatable bonds is 7. The fourth-order valence-corrected chi connectivity index (χ4v) is 1.91. The number of benzene rings is 1. The van der Waals surface area contributed by atoms with Gasteiger partial charge in [0.05, 0.1) is 7.11 Å². The fraction of sp³-hybridized carbons (Fsp3) is 0.176. The Hall–Kier alpha value is -2.96. The Labute approximate surface area is 137 Å². The smallest absolute Gasteiger partial charge is 0.387 e. The van der Waals surface area contributed by atoms with Crippen LogP contribution in [0.5, 0.6) is 11.6 Å². The second-order valence-corrected chi connectivity index (χ2v) is 4.67. The minimum atomic E-state index is -2.92. The Bertz CT molecular complexity index is 720. The lowest BCUT2D eigenvalue weighted by Gasteiger charge is -2.07. The van der Waals surface area contributed by atoms with Crippen molar-refractivity contribution in [3.8, 4) is 11.6 Å². The maximum atomic E-state index is 12.3. The first-order valence-electron chi connectivity index (χ1n) is 7.07. The van der Waals surface area contributed by atoms with Gasteiger partial charge in [0.1, 0.15) is 5.75 Å². The van der Waals surface area contributed by atoms with E-state index >= 15 is 0 Å². The van der Waals surface area contributed by atoms with E-state index in [0.717, 1.165) is 5.56 Å². The molecule has 24 heavy (non-hydrogen) atoms. The van der Waals surface area contributed by atoms with Crippen LogP contribution in [0.3, 0.4) is 0 Å². The number of alkyl halides is 2. The number of amides is 1. The molecule has 0 atom stereocenters. The molecule has 0 fully saturated rings. The van der Waals surface area contributed by atoms with Crippen molar-refractivity contribution in [1.29, 1.82) is 0 Å². The summed E-state index contributed by atoms with van der Waals surface area (Å²) in [7, 11) is 1.51. The number of hydrogen-bond acceptors (Lipinski definition) is 4. The maximum Gasteiger partial charge on any atom is 0.387 e.